The Balaban J connectivity index is 1.89. The Labute approximate surface area is 203 Å². The molecule has 0 spiro atoms. The molecular formula is C23H30ClN3O5S. The first kappa shape index (κ1) is 25.4. The molecule has 1 aromatic rings. The first-order valence-electron chi connectivity index (χ1n) is 10.8. The van der Waals surface area contributed by atoms with Crippen molar-refractivity contribution in [3.05, 3.63) is 29.3 Å². The number of ether oxygens (including phenoxy) is 1. The van der Waals surface area contributed by atoms with Crippen molar-refractivity contribution in [2.75, 3.05) is 17.2 Å². The molecule has 2 aliphatic heterocycles. The second-order valence-electron chi connectivity index (χ2n) is 9.68. The molecule has 1 N–H and O–H groups in total. The predicted molar refractivity (Wildman–Crippen MR) is 128 cm³/mol. The summed E-state index contributed by atoms with van der Waals surface area (Å²) in [6.45, 7) is 10.1. The SMILES string of the molecule is CC(=O)N(c1ccccc1Cl)C1C(=O)N2CC(NC(=O)C(C)C)(C(=O)OC(C)(C)C)CS[C@H]12. The lowest BCUT2D eigenvalue weighted by Crippen LogP contribution is -2.78. The maximum atomic E-state index is 13.3. The second-order valence-corrected chi connectivity index (χ2v) is 11.2. The third-order valence-electron chi connectivity index (χ3n) is 5.46. The lowest BCUT2D eigenvalue weighted by Gasteiger charge is -2.56. The molecular weight excluding hydrogens is 466 g/mol. The van der Waals surface area contributed by atoms with Crippen LogP contribution < -0.4 is 10.2 Å². The van der Waals surface area contributed by atoms with E-state index in [2.05, 4.69) is 5.32 Å². The van der Waals surface area contributed by atoms with Gasteiger partial charge in [0.05, 0.1) is 17.3 Å². The number of rotatable bonds is 5. The molecule has 0 aromatic heterocycles. The molecule has 1 aromatic carbocycles. The molecule has 0 saturated carbocycles. The first-order valence-corrected chi connectivity index (χ1v) is 12.2. The Bertz CT molecular complexity index is 979. The van der Waals surface area contributed by atoms with Gasteiger partial charge in [0.25, 0.3) is 0 Å². The van der Waals surface area contributed by atoms with Gasteiger partial charge in [0.1, 0.15) is 17.0 Å². The molecule has 2 aliphatic rings. The van der Waals surface area contributed by atoms with E-state index in [1.807, 2.05) is 0 Å². The van der Waals surface area contributed by atoms with Crippen LogP contribution in [0.1, 0.15) is 41.5 Å². The summed E-state index contributed by atoms with van der Waals surface area (Å²) in [6.07, 6.45) is 0. The number of fused-ring (bicyclic) bond motifs is 1. The summed E-state index contributed by atoms with van der Waals surface area (Å²) in [6, 6.07) is 6.12. The van der Waals surface area contributed by atoms with Crippen molar-refractivity contribution >= 4 is 52.7 Å². The van der Waals surface area contributed by atoms with Gasteiger partial charge in [-0.1, -0.05) is 37.6 Å². The van der Waals surface area contributed by atoms with Gasteiger partial charge in [-0.05, 0) is 32.9 Å². The van der Waals surface area contributed by atoms with Crippen molar-refractivity contribution in [2.45, 2.75) is 64.1 Å². The predicted octanol–water partition coefficient (Wildman–Crippen LogP) is 2.83. The monoisotopic (exact) mass is 495 g/mol. The number of halogens is 1. The highest BCUT2D eigenvalue weighted by Gasteiger charge is 2.60. The van der Waals surface area contributed by atoms with E-state index in [0.29, 0.717) is 10.7 Å². The van der Waals surface area contributed by atoms with Crippen LogP contribution in [0.2, 0.25) is 5.02 Å². The van der Waals surface area contributed by atoms with Crippen molar-refractivity contribution in [2.24, 2.45) is 5.92 Å². The number of thioether (sulfide) groups is 1. The fraction of sp³-hybridized carbons (Fsp3) is 0.565. The molecule has 3 amide bonds. The topological polar surface area (TPSA) is 96.0 Å². The third-order valence-corrected chi connectivity index (χ3v) is 7.29. The highest BCUT2D eigenvalue weighted by Crippen LogP contribution is 2.43. The molecule has 2 unspecified atom stereocenters. The average molecular weight is 496 g/mol. The van der Waals surface area contributed by atoms with Crippen molar-refractivity contribution in [3.63, 3.8) is 0 Å². The lowest BCUT2D eigenvalue weighted by atomic mass is 9.94. The molecule has 3 atom stereocenters. The van der Waals surface area contributed by atoms with Crippen LogP contribution in [0.3, 0.4) is 0 Å². The van der Waals surface area contributed by atoms with Crippen LogP contribution >= 0.6 is 23.4 Å². The highest BCUT2D eigenvalue weighted by molar-refractivity contribution is 8.00. The number of carbonyl (C=O) groups excluding carboxylic acids is 4. The maximum absolute atomic E-state index is 13.3. The molecule has 2 heterocycles. The van der Waals surface area contributed by atoms with E-state index >= 15 is 0 Å². The quantitative estimate of drug-likeness (QED) is 0.498. The summed E-state index contributed by atoms with van der Waals surface area (Å²) < 4.78 is 5.61. The normalized spacial score (nSPS) is 24.6. The number of para-hydroxylation sites is 1. The average Bonchev–Trinajstić information content (AvgIpc) is 2.71. The van der Waals surface area contributed by atoms with E-state index in [9.17, 15) is 19.2 Å². The standard InChI is InChI=1S/C23H30ClN3O5S/c1-13(2)18(29)25-23(21(31)32-22(4,5)6)11-26-19(30)17(20(26)33-12-23)27(14(3)28)16-10-8-7-9-15(16)24/h7-10,13,17,20H,11-12H2,1-6H3,(H,25,29)/t17?,20-,23?/m1/s1. The number of nitrogens with one attached hydrogen (secondary N) is 1. The number of hydrogen-bond acceptors (Lipinski definition) is 6. The zero-order chi connectivity index (χ0) is 24.7. The fourth-order valence-electron chi connectivity index (χ4n) is 3.83. The van der Waals surface area contributed by atoms with Gasteiger partial charge in [-0.2, -0.15) is 0 Å². The number of β-lactam (4-membered cyclic amide) rings is 1. The van der Waals surface area contributed by atoms with Crippen LogP contribution in [0.15, 0.2) is 24.3 Å². The number of benzene rings is 1. The van der Waals surface area contributed by atoms with E-state index in [4.69, 9.17) is 16.3 Å². The summed E-state index contributed by atoms with van der Waals surface area (Å²) in [7, 11) is 0. The molecule has 2 saturated heterocycles. The fourth-order valence-corrected chi connectivity index (χ4v) is 5.57. The van der Waals surface area contributed by atoms with Gasteiger partial charge in [0.15, 0.2) is 5.54 Å². The molecule has 2 fully saturated rings. The van der Waals surface area contributed by atoms with Gasteiger partial charge < -0.3 is 15.0 Å². The lowest BCUT2D eigenvalue weighted by molar-refractivity contribution is -0.168. The summed E-state index contributed by atoms with van der Waals surface area (Å²) >= 11 is 7.65. The molecule has 10 heteroatoms. The number of nitrogens with zero attached hydrogens (tertiary/aromatic N) is 2. The minimum atomic E-state index is -1.37. The minimum absolute atomic E-state index is 0.0262. The smallest absolute Gasteiger partial charge is 0.335 e. The number of anilines is 1. The minimum Gasteiger partial charge on any atom is -0.458 e. The summed E-state index contributed by atoms with van der Waals surface area (Å²) in [4.78, 5) is 54.5. The Morgan fingerprint density at radius 3 is 2.45 bits per heavy atom. The highest BCUT2D eigenvalue weighted by atomic mass is 35.5. The van der Waals surface area contributed by atoms with Crippen LogP contribution in [0.25, 0.3) is 0 Å². The number of hydrogen-bond donors (Lipinski definition) is 1. The summed E-state index contributed by atoms with van der Waals surface area (Å²) in [5.74, 6) is -1.64. The van der Waals surface area contributed by atoms with Crippen molar-refractivity contribution in [1.82, 2.24) is 10.2 Å². The summed E-state index contributed by atoms with van der Waals surface area (Å²) in [5.41, 5.74) is -1.67. The molecule has 3 rings (SSSR count). The van der Waals surface area contributed by atoms with Crippen LogP contribution in [-0.2, 0) is 23.9 Å². The Morgan fingerprint density at radius 1 is 1.27 bits per heavy atom. The second kappa shape index (κ2) is 9.18. The van der Waals surface area contributed by atoms with E-state index in [1.54, 1.807) is 58.9 Å². The van der Waals surface area contributed by atoms with E-state index in [1.165, 1.54) is 28.5 Å². The van der Waals surface area contributed by atoms with E-state index in [-0.39, 0.29) is 41.3 Å². The largest absolute Gasteiger partial charge is 0.458 e. The van der Waals surface area contributed by atoms with Crippen molar-refractivity contribution in [3.8, 4) is 0 Å². The van der Waals surface area contributed by atoms with Crippen LogP contribution in [-0.4, -0.2) is 63.4 Å². The Hall–Kier alpha value is -2.26. The molecule has 0 bridgehead atoms. The molecule has 8 nitrogen and oxygen atoms in total. The number of esters is 1. The van der Waals surface area contributed by atoms with Crippen LogP contribution in [0.4, 0.5) is 5.69 Å². The molecule has 180 valence electrons. The number of carbonyl (C=O) groups is 4. The van der Waals surface area contributed by atoms with Gasteiger partial charge in [0.2, 0.25) is 17.7 Å². The van der Waals surface area contributed by atoms with E-state index in [0.717, 1.165) is 0 Å². The molecule has 33 heavy (non-hydrogen) atoms. The number of amides is 3. The Morgan fingerprint density at radius 2 is 1.91 bits per heavy atom. The van der Waals surface area contributed by atoms with Crippen LogP contribution in [0, 0.1) is 5.92 Å². The van der Waals surface area contributed by atoms with Gasteiger partial charge in [-0.15, -0.1) is 11.8 Å². The van der Waals surface area contributed by atoms with E-state index < -0.39 is 23.2 Å². The van der Waals surface area contributed by atoms with Gasteiger partial charge >= 0.3 is 5.97 Å². The zero-order valence-electron chi connectivity index (χ0n) is 19.7. The maximum Gasteiger partial charge on any atom is 0.335 e. The first-order chi connectivity index (χ1) is 15.3. The summed E-state index contributed by atoms with van der Waals surface area (Å²) in [5, 5.41) is 2.83. The van der Waals surface area contributed by atoms with Gasteiger partial charge in [-0.25, -0.2) is 4.79 Å². The molecule has 0 radical (unpaired) electrons. The van der Waals surface area contributed by atoms with Crippen molar-refractivity contribution < 1.29 is 23.9 Å². The van der Waals surface area contributed by atoms with Gasteiger partial charge in [0, 0.05) is 18.6 Å². The molecule has 0 aliphatic carbocycles. The Kier molecular flexibility index (Phi) is 7.05. The third kappa shape index (κ3) is 4.99. The zero-order valence-corrected chi connectivity index (χ0v) is 21.2. The van der Waals surface area contributed by atoms with Crippen molar-refractivity contribution in [1.29, 1.82) is 0 Å². The van der Waals surface area contributed by atoms with Gasteiger partial charge in [-0.3, -0.25) is 19.3 Å². The van der Waals surface area contributed by atoms with Crippen LogP contribution in [0.5, 0.6) is 0 Å².